The summed E-state index contributed by atoms with van der Waals surface area (Å²) >= 11 is 0. The average molecular weight is 172 g/mol. The number of hydrogen-bond acceptors (Lipinski definition) is 1. The van der Waals surface area contributed by atoms with Crippen LogP contribution in [0.5, 0.6) is 0 Å². The fraction of sp³-hybridized carbons (Fsp3) is 0.250. The number of rotatable bonds is 1. The first-order valence-corrected chi connectivity index (χ1v) is 4.51. The van der Waals surface area contributed by atoms with Crippen molar-refractivity contribution in [2.24, 2.45) is 5.92 Å². The molecule has 0 radical (unpaired) electrons. The van der Waals surface area contributed by atoms with Gasteiger partial charge in [-0.25, -0.2) is 0 Å². The van der Waals surface area contributed by atoms with Crippen LogP contribution in [0.4, 0.5) is 0 Å². The summed E-state index contributed by atoms with van der Waals surface area (Å²) in [6, 6.07) is 7.53. The molecule has 0 amide bonds. The smallest absolute Gasteiger partial charge is 0.182 e. The summed E-state index contributed by atoms with van der Waals surface area (Å²) in [5, 5.41) is 0. The Morgan fingerprint density at radius 3 is 2.62 bits per heavy atom. The van der Waals surface area contributed by atoms with E-state index in [0.717, 1.165) is 11.1 Å². The van der Waals surface area contributed by atoms with Gasteiger partial charge in [0.1, 0.15) is 0 Å². The van der Waals surface area contributed by atoms with Gasteiger partial charge in [-0.3, -0.25) is 4.79 Å². The van der Waals surface area contributed by atoms with Crippen molar-refractivity contribution in [1.29, 1.82) is 0 Å². The quantitative estimate of drug-likeness (QED) is 0.635. The lowest BCUT2D eigenvalue weighted by molar-refractivity contribution is 1.10. The van der Waals surface area contributed by atoms with E-state index in [1.54, 1.807) is 6.07 Å². The summed E-state index contributed by atoms with van der Waals surface area (Å²) < 4.78 is 0. The van der Waals surface area contributed by atoms with E-state index in [0.29, 0.717) is 5.92 Å². The first-order valence-electron chi connectivity index (χ1n) is 4.51. The molecular weight excluding hydrogens is 160 g/mol. The Bertz CT molecular complexity index is 429. The molecule has 66 valence electrons. The molecule has 1 aliphatic carbocycles. The first-order chi connectivity index (χ1) is 6.18. The van der Waals surface area contributed by atoms with E-state index in [1.807, 2.05) is 25.1 Å². The van der Waals surface area contributed by atoms with E-state index >= 15 is 0 Å². The van der Waals surface area contributed by atoms with Gasteiger partial charge in [0.05, 0.1) is 0 Å². The largest absolute Gasteiger partial charge is 0.290 e. The normalized spacial score (nSPS) is 19.5. The van der Waals surface area contributed by atoms with Gasteiger partial charge in [0.2, 0.25) is 0 Å². The van der Waals surface area contributed by atoms with Gasteiger partial charge in [-0.2, -0.15) is 0 Å². The Labute approximate surface area is 77.7 Å². The van der Waals surface area contributed by atoms with Crippen LogP contribution in [0, 0.1) is 12.8 Å². The van der Waals surface area contributed by atoms with E-state index in [9.17, 15) is 4.79 Å². The van der Waals surface area contributed by atoms with Crippen molar-refractivity contribution in [2.45, 2.75) is 13.8 Å². The zero-order chi connectivity index (χ0) is 9.42. The third kappa shape index (κ3) is 1.55. The van der Waals surface area contributed by atoms with Crippen LogP contribution >= 0.6 is 0 Å². The van der Waals surface area contributed by atoms with Crippen LogP contribution in [-0.4, -0.2) is 0 Å². The number of allylic oxidation sites excluding steroid dienone is 2. The summed E-state index contributed by atoms with van der Waals surface area (Å²) in [5.41, 5.74) is 3.30. The highest BCUT2D eigenvalue weighted by atomic mass is 16.1. The Kier molecular flexibility index (Phi) is 1.80. The minimum Gasteiger partial charge on any atom is -0.290 e. The van der Waals surface area contributed by atoms with Gasteiger partial charge in [0.15, 0.2) is 5.43 Å². The van der Waals surface area contributed by atoms with Crippen molar-refractivity contribution in [1.82, 2.24) is 0 Å². The Balaban J connectivity index is 2.52. The second-order valence-corrected chi connectivity index (χ2v) is 3.58. The molecule has 1 aromatic rings. The summed E-state index contributed by atoms with van der Waals surface area (Å²) in [7, 11) is 0. The van der Waals surface area contributed by atoms with Gasteiger partial charge in [0.25, 0.3) is 0 Å². The molecule has 0 N–H and O–H groups in total. The summed E-state index contributed by atoms with van der Waals surface area (Å²) in [4.78, 5) is 11.5. The molecule has 1 aliphatic rings. The summed E-state index contributed by atoms with van der Waals surface area (Å²) in [6.07, 6.45) is 2.17. The Morgan fingerprint density at radius 2 is 2.00 bits per heavy atom. The highest BCUT2D eigenvalue weighted by Crippen LogP contribution is 2.36. The first kappa shape index (κ1) is 8.24. The van der Waals surface area contributed by atoms with E-state index in [1.165, 1.54) is 5.57 Å². The van der Waals surface area contributed by atoms with Crippen LogP contribution in [0.1, 0.15) is 18.1 Å². The maximum atomic E-state index is 11.5. The standard InChI is InChI=1S/C12H12O/c1-8-4-3-5-10(7-12(8)13)11-6-9(11)2/h3-7,9H,1-2H3/t9-/m1/s1. The van der Waals surface area contributed by atoms with Gasteiger partial charge in [-0.15, -0.1) is 0 Å². The average Bonchev–Trinajstić information content (AvgIpc) is 2.80. The third-order valence-corrected chi connectivity index (χ3v) is 2.44. The molecule has 0 bridgehead atoms. The maximum Gasteiger partial charge on any atom is 0.182 e. The zero-order valence-electron chi connectivity index (χ0n) is 7.87. The molecule has 0 aliphatic heterocycles. The minimum atomic E-state index is 0.125. The fourth-order valence-corrected chi connectivity index (χ4v) is 1.44. The van der Waals surface area contributed by atoms with Gasteiger partial charge in [0, 0.05) is 0 Å². The van der Waals surface area contributed by atoms with Crippen molar-refractivity contribution < 1.29 is 0 Å². The van der Waals surface area contributed by atoms with Crippen LogP contribution in [0.2, 0.25) is 0 Å². The van der Waals surface area contributed by atoms with Crippen molar-refractivity contribution >= 4 is 5.57 Å². The zero-order valence-corrected chi connectivity index (χ0v) is 7.87. The molecule has 0 saturated carbocycles. The van der Waals surface area contributed by atoms with E-state index < -0.39 is 0 Å². The maximum absolute atomic E-state index is 11.5. The van der Waals surface area contributed by atoms with Gasteiger partial charge in [-0.1, -0.05) is 31.2 Å². The van der Waals surface area contributed by atoms with Crippen LogP contribution in [0.3, 0.4) is 0 Å². The number of hydrogen-bond donors (Lipinski definition) is 0. The monoisotopic (exact) mass is 172 g/mol. The van der Waals surface area contributed by atoms with Crippen molar-refractivity contribution in [2.75, 3.05) is 0 Å². The highest BCUT2D eigenvalue weighted by Gasteiger charge is 2.20. The molecule has 1 heteroatoms. The fourth-order valence-electron chi connectivity index (χ4n) is 1.44. The minimum absolute atomic E-state index is 0.125. The Hall–Kier alpha value is -1.37. The molecule has 0 heterocycles. The van der Waals surface area contributed by atoms with Crippen LogP contribution in [0.25, 0.3) is 5.57 Å². The summed E-state index contributed by atoms with van der Waals surface area (Å²) in [6.45, 7) is 3.98. The van der Waals surface area contributed by atoms with Gasteiger partial charge >= 0.3 is 0 Å². The lowest BCUT2D eigenvalue weighted by Gasteiger charge is -1.88. The molecule has 13 heavy (non-hydrogen) atoms. The number of aryl methyl sites for hydroxylation is 1. The molecule has 1 nitrogen and oxygen atoms in total. The molecule has 1 aromatic carbocycles. The lowest BCUT2D eigenvalue weighted by atomic mass is 10.2. The second-order valence-electron chi connectivity index (χ2n) is 3.58. The predicted octanol–water partition coefficient (Wildman–Crippen LogP) is 2.39. The highest BCUT2D eigenvalue weighted by molar-refractivity contribution is 5.79. The van der Waals surface area contributed by atoms with Crippen LogP contribution < -0.4 is 5.43 Å². The second kappa shape index (κ2) is 2.84. The lowest BCUT2D eigenvalue weighted by Crippen LogP contribution is -1.98. The molecular formula is C12H12O. The molecule has 0 saturated heterocycles. The van der Waals surface area contributed by atoms with E-state index in [4.69, 9.17) is 0 Å². The molecule has 0 aromatic heterocycles. The molecule has 0 unspecified atom stereocenters. The molecule has 0 fully saturated rings. The predicted molar refractivity (Wildman–Crippen MR) is 54.6 cm³/mol. The van der Waals surface area contributed by atoms with Crippen molar-refractivity contribution in [3.05, 3.63) is 51.7 Å². The van der Waals surface area contributed by atoms with E-state index in [-0.39, 0.29) is 5.43 Å². The van der Waals surface area contributed by atoms with Crippen LogP contribution in [-0.2, 0) is 0 Å². The Morgan fingerprint density at radius 1 is 1.31 bits per heavy atom. The van der Waals surface area contributed by atoms with Gasteiger partial charge < -0.3 is 0 Å². The molecule has 2 rings (SSSR count). The molecule has 0 spiro atoms. The van der Waals surface area contributed by atoms with Gasteiger partial charge in [-0.05, 0) is 35.6 Å². The third-order valence-electron chi connectivity index (χ3n) is 2.44. The summed E-state index contributed by atoms with van der Waals surface area (Å²) in [5.74, 6) is 0.558. The van der Waals surface area contributed by atoms with Crippen molar-refractivity contribution in [3.8, 4) is 0 Å². The SMILES string of the molecule is Cc1cccc(C2=C[C@H]2C)cc1=O. The van der Waals surface area contributed by atoms with Crippen LogP contribution in [0.15, 0.2) is 35.1 Å². The van der Waals surface area contributed by atoms with Crippen molar-refractivity contribution in [3.63, 3.8) is 0 Å². The molecule has 1 atom stereocenters. The topological polar surface area (TPSA) is 17.1 Å². The van der Waals surface area contributed by atoms with E-state index in [2.05, 4.69) is 13.0 Å².